The SMILES string of the molecule is C=C1CCN(C(=O)O)CC(C(=O)O)C1. The van der Waals surface area contributed by atoms with Gasteiger partial charge in [0.2, 0.25) is 0 Å². The molecule has 14 heavy (non-hydrogen) atoms. The number of aliphatic carboxylic acids is 1. The third-order valence-electron chi connectivity index (χ3n) is 2.33. The lowest BCUT2D eigenvalue weighted by Crippen LogP contribution is -2.35. The molecule has 78 valence electrons. The van der Waals surface area contributed by atoms with E-state index in [4.69, 9.17) is 10.2 Å². The monoisotopic (exact) mass is 199 g/mol. The van der Waals surface area contributed by atoms with Crippen molar-refractivity contribution in [3.8, 4) is 0 Å². The summed E-state index contributed by atoms with van der Waals surface area (Å²) in [5, 5.41) is 17.6. The molecule has 1 atom stereocenters. The van der Waals surface area contributed by atoms with Crippen molar-refractivity contribution in [2.24, 2.45) is 5.92 Å². The van der Waals surface area contributed by atoms with Crippen molar-refractivity contribution in [2.75, 3.05) is 13.1 Å². The summed E-state index contributed by atoms with van der Waals surface area (Å²) < 4.78 is 0. The van der Waals surface area contributed by atoms with Crippen LogP contribution in [0.15, 0.2) is 12.2 Å². The average molecular weight is 199 g/mol. The third-order valence-corrected chi connectivity index (χ3v) is 2.33. The lowest BCUT2D eigenvalue weighted by Gasteiger charge is -2.18. The summed E-state index contributed by atoms with van der Waals surface area (Å²) in [6.45, 7) is 4.12. The van der Waals surface area contributed by atoms with Gasteiger partial charge < -0.3 is 15.1 Å². The molecular formula is C9H13NO4. The molecule has 1 saturated heterocycles. The number of carbonyl (C=O) groups is 2. The first-order valence-electron chi connectivity index (χ1n) is 4.38. The second kappa shape index (κ2) is 4.13. The number of rotatable bonds is 1. The highest BCUT2D eigenvalue weighted by Crippen LogP contribution is 2.20. The predicted octanol–water partition coefficient (Wildman–Crippen LogP) is 1.02. The Labute approximate surface area is 81.6 Å². The number of likely N-dealkylation sites (tertiary alicyclic amines) is 1. The van der Waals surface area contributed by atoms with Gasteiger partial charge in [0.05, 0.1) is 5.92 Å². The van der Waals surface area contributed by atoms with Gasteiger partial charge >= 0.3 is 12.1 Å². The van der Waals surface area contributed by atoms with E-state index in [2.05, 4.69) is 6.58 Å². The van der Waals surface area contributed by atoms with Crippen LogP contribution in [-0.4, -0.2) is 40.3 Å². The van der Waals surface area contributed by atoms with Gasteiger partial charge in [-0.05, 0) is 12.8 Å². The molecule has 0 aromatic carbocycles. The van der Waals surface area contributed by atoms with Crippen molar-refractivity contribution in [3.05, 3.63) is 12.2 Å². The molecule has 1 fully saturated rings. The van der Waals surface area contributed by atoms with Crippen LogP contribution in [0.5, 0.6) is 0 Å². The molecule has 0 aromatic rings. The maximum absolute atomic E-state index is 10.8. The van der Waals surface area contributed by atoms with Gasteiger partial charge in [0.15, 0.2) is 0 Å². The van der Waals surface area contributed by atoms with Gasteiger partial charge in [-0.1, -0.05) is 12.2 Å². The van der Waals surface area contributed by atoms with E-state index in [0.717, 1.165) is 10.5 Å². The van der Waals surface area contributed by atoms with Crippen LogP contribution in [0.25, 0.3) is 0 Å². The zero-order valence-electron chi connectivity index (χ0n) is 7.77. The first-order chi connectivity index (χ1) is 6.50. The van der Waals surface area contributed by atoms with Crippen LogP contribution in [0, 0.1) is 5.92 Å². The zero-order chi connectivity index (χ0) is 10.7. The second-order valence-electron chi connectivity index (χ2n) is 3.47. The molecule has 1 rings (SSSR count). The molecule has 5 heteroatoms. The molecule has 1 unspecified atom stereocenters. The fourth-order valence-electron chi connectivity index (χ4n) is 1.50. The Morgan fingerprint density at radius 3 is 2.57 bits per heavy atom. The van der Waals surface area contributed by atoms with Crippen molar-refractivity contribution in [3.63, 3.8) is 0 Å². The Balaban J connectivity index is 2.73. The van der Waals surface area contributed by atoms with Crippen LogP contribution in [-0.2, 0) is 4.79 Å². The molecule has 0 aliphatic carbocycles. The Morgan fingerprint density at radius 2 is 2.07 bits per heavy atom. The van der Waals surface area contributed by atoms with E-state index in [-0.39, 0.29) is 6.54 Å². The summed E-state index contributed by atoms with van der Waals surface area (Å²) in [6.07, 6.45) is -0.138. The van der Waals surface area contributed by atoms with Gasteiger partial charge in [0.25, 0.3) is 0 Å². The first-order valence-corrected chi connectivity index (χ1v) is 4.38. The van der Waals surface area contributed by atoms with E-state index in [0.29, 0.717) is 19.4 Å². The normalized spacial score (nSPS) is 23.0. The van der Waals surface area contributed by atoms with Crippen LogP contribution in [0.3, 0.4) is 0 Å². The van der Waals surface area contributed by atoms with E-state index in [1.54, 1.807) is 0 Å². The molecule has 0 saturated carbocycles. The number of hydrogen-bond acceptors (Lipinski definition) is 2. The molecule has 0 spiro atoms. The van der Waals surface area contributed by atoms with E-state index >= 15 is 0 Å². The van der Waals surface area contributed by atoms with Gasteiger partial charge in [0, 0.05) is 13.1 Å². The Kier molecular flexibility index (Phi) is 3.11. The van der Waals surface area contributed by atoms with Crippen molar-refractivity contribution in [1.29, 1.82) is 0 Å². The highest BCUT2D eigenvalue weighted by molar-refractivity contribution is 5.72. The molecule has 2 N–H and O–H groups in total. The first kappa shape index (κ1) is 10.6. The quantitative estimate of drug-likeness (QED) is 0.618. The van der Waals surface area contributed by atoms with E-state index < -0.39 is 18.0 Å². The highest BCUT2D eigenvalue weighted by Gasteiger charge is 2.27. The van der Waals surface area contributed by atoms with Crippen molar-refractivity contribution in [2.45, 2.75) is 12.8 Å². The Hall–Kier alpha value is -1.52. The molecule has 1 amide bonds. The van der Waals surface area contributed by atoms with Gasteiger partial charge in [-0.3, -0.25) is 4.79 Å². The lowest BCUT2D eigenvalue weighted by molar-refractivity contribution is -0.141. The number of amides is 1. The number of carboxylic acid groups (broad SMARTS) is 2. The minimum atomic E-state index is -1.06. The lowest BCUT2D eigenvalue weighted by atomic mass is 10.0. The van der Waals surface area contributed by atoms with Crippen molar-refractivity contribution < 1.29 is 19.8 Å². The maximum atomic E-state index is 10.8. The highest BCUT2D eigenvalue weighted by atomic mass is 16.4. The Morgan fingerprint density at radius 1 is 1.43 bits per heavy atom. The van der Waals surface area contributed by atoms with Gasteiger partial charge in [-0.15, -0.1) is 0 Å². The summed E-state index contributed by atoms with van der Waals surface area (Å²) in [7, 11) is 0. The summed E-state index contributed by atoms with van der Waals surface area (Å²) in [5.41, 5.74) is 0.807. The summed E-state index contributed by atoms with van der Waals surface area (Å²) in [6, 6.07) is 0. The van der Waals surface area contributed by atoms with E-state index in [9.17, 15) is 9.59 Å². The maximum Gasteiger partial charge on any atom is 0.407 e. The van der Waals surface area contributed by atoms with Gasteiger partial charge in [0.1, 0.15) is 0 Å². The van der Waals surface area contributed by atoms with Crippen molar-refractivity contribution >= 4 is 12.1 Å². The van der Waals surface area contributed by atoms with Crippen LogP contribution in [0.1, 0.15) is 12.8 Å². The molecule has 1 aliphatic rings. The number of carboxylic acids is 1. The molecule has 5 nitrogen and oxygen atoms in total. The van der Waals surface area contributed by atoms with Gasteiger partial charge in [-0.25, -0.2) is 4.79 Å². The predicted molar refractivity (Wildman–Crippen MR) is 49.1 cm³/mol. The smallest absolute Gasteiger partial charge is 0.407 e. The molecule has 0 aromatic heterocycles. The molecule has 0 radical (unpaired) electrons. The summed E-state index contributed by atoms with van der Waals surface area (Å²) >= 11 is 0. The zero-order valence-corrected chi connectivity index (χ0v) is 7.77. The summed E-state index contributed by atoms with van der Waals surface area (Å²) in [4.78, 5) is 22.6. The fraction of sp³-hybridized carbons (Fsp3) is 0.556. The van der Waals surface area contributed by atoms with Crippen LogP contribution < -0.4 is 0 Å². The summed E-state index contributed by atoms with van der Waals surface area (Å²) in [5.74, 6) is -1.61. The van der Waals surface area contributed by atoms with Crippen LogP contribution in [0.2, 0.25) is 0 Å². The molecule has 1 heterocycles. The number of hydrogen-bond donors (Lipinski definition) is 2. The largest absolute Gasteiger partial charge is 0.481 e. The minimum absolute atomic E-state index is 0.0592. The fourth-order valence-corrected chi connectivity index (χ4v) is 1.50. The topological polar surface area (TPSA) is 77.8 Å². The Bertz CT molecular complexity index is 274. The second-order valence-corrected chi connectivity index (χ2v) is 3.47. The van der Waals surface area contributed by atoms with Crippen LogP contribution in [0.4, 0.5) is 4.79 Å². The van der Waals surface area contributed by atoms with Crippen LogP contribution >= 0.6 is 0 Å². The van der Waals surface area contributed by atoms with Gasteiger partial charge in [-0.2, -0.15) is 0 Å². The number of nitrogens with zero attached hydrogens (tertiary/aromatic N) is 1. The molecule has 0 bridgehead atoms. The van der Waals surface area contributed by atoms with E-state index in [1.165, 1.54) is 0 Å². The third kappa shape index (κ3) is 2.48. The molecular weight excluding hydrogens is 186 g/mol. The minimum Gasteiger partial charge on any atom is -0.481 e. The van der Waals surface area contributed by atoms with Crippen molar-refractivity contribution in [1.82, 2.24) is 4.90 Å². The van der Waals surface area contributed by atoms with E-state index in [1.807, 2.05) is 0 Å². The standard InChI is InChI=1S/C9H13NO4/c1-6-2-3-10(9(13)14)5-7(4-6)8(11)12/h7H,1-5H2,(H,11,12)(H,13,14). The average Bonchev–Trinajstić information content (AvgIpc) is 2.26. The molecule has 1 aliphatic heterocycles.